The molecular weight excluding hydrogens is 536 g/mol. The van der Waals surface area contributed by atoms with Crippen LogP contribution in [0.15, 0.2) is 130 Å². The Morgan fingerprint density at radius 3 is 1.16 bits per heavy atom. The predicted octanol–water partition coefficient (Wildman–Crippen LogP) is 12.3. The van der Waals surface area contributed by atoms with Gasteiger partial charge in [0.25, 0.3) is 0 Å². The van der Waals surface area contributed by atoms with Gasteiger partial charge in [-0.2, -0.15) is 0 Å². The zero-order valence-corrected chi connectivity index (χ0v) is 24.4. The van der Waals surface area contributed by atoms with E-state index in [9.17, 15) is 0 Å². The van der Waals surface area contributed by atoms with E-state index in [1.54, 1.807) is 0 Å². The minimum atomic E-state index is 0.878. The van der Waals surface area contributed by atoms with Crippen LogP contribution in [0.3, 0.4) is 0 Å². The second-order valence-electron chi connectivity index (χ2n) is 12.1. The van der Waals surface area contributed by atoms with Gasteiger partial charge in [-0.15, -0.1) is 0 Å². The molecule has 8 aromatic rings. The number of hydrogen-bond acceptors (Lipinski definition) is 2. The molecule has 0 aromatic heterocycles. The summed E-state index contributed by atoms with van der Waals surface area (Å²) in [4.78, 5) is 0. The summed E-state index contributed by atoms with van der Waals surface area (Å²) in [6.07, 6.45) is 0. The van der Waals surface area contributed by atoms with Gasteiger partial charge >= 0.3 is 0 Å². The third-order valence-electron chi connectivity index (χ3n) is 9.71. The SMILES string of the molecule is Cc1ccccc1-c1c2ccccc2c2oc3ccc4c(-c5ccccc5C)c5ccccc5c5oc6ccc1c2c6-c3c45. The van der Waals surface area contributed by atoms with Crippen molar-refractivity contribution < 1.29 is 8.83 Å². The van der Waals surface area contributed by atoms with Crippen LogP contribution in [-0.2, 0) is 0 Å². The summed E-state index contributed by atoms with van der Waals surface area (Å²) < 4.78 is 14.0. The Hall–Kier alpha value is -5.60. The van der Waals surface area contributed by atoms with Crippen LogP contribution < -0.4 is 0 Å². The molecule has 0 saturated heterocycles. The Bertz CT molecular complexity index is 2540. The molecule has 2 nitrogen and oxygen atoms in total. The van der Waals surface area contributed by atoms with Crippen LogP contribution in [-0.4, -0.2) is 0 Å². The van der Waals surface area contributed by atoms with Crippen molar-refractivity contribution in [2.24, 2.45) is 0 Å². The lowest BCUT2D eigenvalue weighted by atomic mass is 9.82. The Morgan fingerprint density at radius 2 is 0.727 bits per heavy atom. The molecule has 2 heteroatoms. The molecule has 8 aromatic carbocycles. The fourth-order valence-corrected chi connectivity index (χ4v) is 7.80. The molecule has 0 atom stereocenters. The molecular formula is C42H26O2. The summed E-state index contributed by atoms with van der Waals surface area (Å²) in [6, 6.07) is 43.4. The lowest BCUT2D eigenvalue weighted by molar-refractivity contribution is 0.650. The maximum absolute atomic E-state index is 7.00. The van der Waals surface area contributed by atoms with E-state index in [0.29, 0.717) is 0 Å². The van der Waals surface area contributed by atoms with Crippen LogP contribution in [0.2, 0.25) is 0 Å². The number of aryl methyl sites for hydroxylation is 2. The van der Waals surface area contributed by atoms with Gasteiger partial charge in [0.15, 0.2) is 0 Å². The normalized spacial score (nSPS) is 12.3. The minimum Gasteiger partial charge on any atom is -0.455 e. The maximum atomic E-state index is 7.00. The van der Waals surface area contributed by atoms with Gasteiger partial charge in [0.1, 0.15) is 22.3 Å². The fourth-order valence-electron chi connectivity index (χ4n) is 7.80. The average Bonchev–Trinajstić information content (AvgIpc) is 3.06. The summed E-state index contributed by atoms with van der Waals surface area (Å²) in [7, 11) is 0. The highest BCUT2D eigenvalue weighted by molar-refractivity contribution is 6.34. The monoisotopic (exact) mass is 562 g/mol. The summed E-state index contributed by atoms with van der Waals surface area (Å²) in [5.41, 5.74) is 13.3. The summed E-state index contributed by atoms with van der Waals surface area (Å²) in [5.74, 6) is 0. The number of rotatable bonds is 2. The molecule has 2 aliphatic heterocycles. The van der Waals surface area contributed by atoms with Gasteiger partial charge in [-0.25, -0.2) is 0 Å². The van der Waals surface area contributed by atoms with Crippen LogP contribution in [0.25, 0.3) is 98.8 Å². The predicted molar refractivity (Wildman–Crippen MR) is 184 cm³/mol. The van der Waals surface area contributed by atoms with Gasteiger partial charge in [-0.05, 0) is 93.0 Å². The fraction of sp³-hybridized carbons (Fsp3) is 0.0476. The number of hydrogen-bond donors (Lipinski definition) is 0. The number of fused-ring (bicyclic) bond motifs is 4. The molecule has 0 fully saturated rings. The highest BCUT2D eigenvalue weighted by Gasteiger charge is 2.29. The van der Waals surface area contributed by atoms with Gasteiger partial charge in [0.2, 0.25) is 0 Å². The van der Waals surface area contributed by atoms with E-state index in [2.05, 4.69) is 135 Å². The molecule has 10 rings (SSSR count). The zero-order chi connectivity index (χ0) is 29.1. The summed E-state index contributed by atoms with van der Waals surface area (Å²) in [5, 5.41) is 9.22. The summed E-state index contributed by atoms with van der Waals surface area (Å²) in [6.45, 7) is 4.39. The topological polar surface area (TPSA) is 26.3 Å². The molecule has 44 heavy (non-hydrogen) atoms. The zero-order valence-electron chi connectivity index (χ0n) is 24.4. The first-order valence-electron chi connectivity index (χ1n) is 15.2. The van der Waals surface area contributed by atoms with E-state index in [1.807, 2.05) is 0 Å². The summed E-state index contributed by atoms with van der Waals surface area (Å²) >= 11 is 0. The lowest BCUT2D eigenvalue weighted by Crippen LogP contribution is -1.98. The van der Waals surface area contributed by atoms with Crippen molar-refractivity contribution in [3.8, 4) is 33.4 Å². The lowest BCUT2D eigenvalue weighted by Gasteiger charge is -2.24. The van der Waals surface area contributed by atoms with Crippen LogP contribution in [0.5, 0.6) is 0 Å². The van der Waals surface area contributed by atoms with E-state index < -0.39 is 0 Å². The standard InChI is InChI=1S/C42H26O2/c1-23-11-3-5-13-25(23)35-27-15-7-9-17-29(27)41-37-31(35)19-21-33-39(37)40-34(43-41)22-20-32-36(26-14-6-4-12-24(26)2)28-16-8-10-18-30(28)42(44-33)38(32)40/h3-22H,1-2H3. The van der Waals surface area contributed by atoms with Crippen molar-refractivity contribution in [3.63, 3.8) is 0 Å². The molecule has 0 unspecified atom stereocenters. The Balaban J connectivity index is 1.48. The molecule has 0 N–H and O–H groups in total. The Morgan fingerprint density at radius 1 is 0.341 bits per heavy atom. The van der Waals surface area contributed by atoms with Crippen LogP contribution in [0.4, 0.5) is 0 Å². The van der Waals surface area contributed by atoms with Gasteiger partial charge in [0, 0.05) is 32.7 Å². The van der Waals surface area contributed by atoms with Crippen molar-refractivity contribution >= 4 is 65.4 Å². The van der Waals surface area contributed by atoms with E-state index in [1.165, 1.54) is 54.9 Å². The van der Waals surface area contributed by atoms with Gasteiger partial charge in [-0.3, -0.25) is 0 Å². The minimum absolute atomic E-state index is 0.878. The molecule has 0 saturated carbocycles. The third-order valence-corrected chi connectivity index (χ3v) is 9.71. The first-order chi connectivity index (χ1) is 21.7. The average molecular weight is 563 g/mol. The van der Waals surface area contributed by atoms with E-state index in [-0.39, 0.29) is 0 Å². The van der Waals surface area contributed by atoms with Crippen LogP contribution >= 0.6 is 0 Å². The van der Waals surface area contributed by atoms with Crippen molar-refractivity contribution in [3.05, 3.63) is 132 Å². The first-order valence-corrected chi connectivity index (χ1v) is 15.2. The first kappa shape index (κ1) is 23.9. The Labute approximate surface area is 253 Å². The van der Waals surface area contributed by atoms with Crippen molar-refractivity contribution in [1.82, 2.24) is 0 Å². The third kappa shape index (κ3) is 2.95. The Kier molecular flexibility index (Phi) is 4.61. The van der Waals surface area contributed by atoms with Crippen LogP contribution in [0.1, 0.15) is 11.1 Å². The van der Waals surface area contributed by atoms with Gasteiger partial charge in [0.05, 0.1) is 0 Å². The largest absolute Gasteiger partial charge is 0.455 e. The highest BCUT2D eigenvalue weighted by atomic mass is 16.3. The van der Waals surface area contributed by atoms with Gasteiger partial charge in [-0.1, -0.05) is 97.1 Å². The quantitative estimate of drug-likeness (QED) is 0.155. The van der Waals surface area contributed by atoms with Crippen molar-refractivity contribution in [1.29, 1.82) is 0 Å². The van der Waals surface area contributed by atoms with Crippen molar-refractivity contribution in [2.45, 2.75) is 13.8 Å². The smallest absolute Gasteiger partial charge is 0.143 e. The van der Waals surface area contributed by atoms with E-state index in [0.717, 1.165) is 55.0 Å². The maximum Gasteiger partial charge on any atom is 0.143 e. The molecule has 0 aliphatic carbocycles. The molecule has 206 valence electrons. The number of benzene rings is 8. The highest BCUT2D eigenvalue weighted by Crippen LogP contribution is 2.54. The van der Waals surface area contributed by atoms with Gasteiger partial charge < -0.3 is 8.83 Å². The second kappa shape index (κ2) is 8.49. The van der Waals surface area contributed by atoms with Crippen molar-refractivity contribution in [2.75, 3.05) is 0 Å². The molecule has 2 aliphatic rings. The van der Waals surface area contributed by atoms with E-state index >= 15 is 0 Å². The van der Waals surface area contributed by atoms with Crippen LogP contribution in [0, 0.1) is 13.8 Å². The second-order valence-corrected chi connectivity index (χ2v) is 12.1. The molecule has 0 spiro atoms. The molecule has 2 heterocycles. The molecule has 0 bridgehead atoms. The van der Waals surface area contributed by atoms with E-state index in [4.69, 9.17) is 8.83 Å². The molecule has 0 radical (unpaired) electrons. The molecule has 0 amide bonds.